The highest BCUT2D eigenvalue weighted by atomic mass is 16.7. The van der Waals surface area contributed by atoms with Crippen molar-refractivity contribution in [3.05, 3.63) is 71.8 Å². The molecule has 512 valence electrons. The molecule has 93 heavy (non-hydrogen) atoms. The van der Waals surface area contributed by atoms with Gasteiger partial charge in [0.1, 0.15) is 60.4 Å². The monoisotopic (exact) mass is 1310 g/mol. The zero-order valence-corrected chi connectivity index (χ0v) is 52.5. The number of imide groups is 1. The summed E-state index contributed by atoms with van der Waals surface area (Å²) < 4.78 is 11.0. The maximum absolute atomic E-state index is 14.6. The number of hydroxylamine groups is 1. The Labute approximate surface area is 538 Å². The number of hydrogen-bond donors (Lipinski definition) is 15. The highest BCUT2D eigenvalue weighted by Crippen LogP contribution is 2.20. The van der Waals surface area contributed by atoms with Crippen LogP contribution in [0.15, 0.2) is 70.7 Å². The van der Waals surface area contributed by atoms with E-state index in [2.05, 4.69) is 47.4 Å². The van der Waals surface area contributed by atoms with Gasteiger partial charge in [-0.3, -0.25) is 67.6 Å². The molecular weight excluding hydrogens is 1210 g/mol. The summed E-state index contributed by atoms with van der Waals surface area (Å²) in [6, 6.07) is 2.64. The highest BCUT2D eigenvalue weighted by Gasteiger charge is 2.38. The third-order valence-electron chi connectivity index (χ3n) is 14.6. The zero-order chi connectivity index (χ0) is 68.4. The molecule has 2 aliphatic rings. The lowest BCUT2D eigenvalue weighted by Gasteiger charge is -2.29. The number of carbonyl (C=O) groups excluding carboxylic acids is 11. The van der Waals surface area contributed by atoms with Crippen molar-refractivity contribution in [2.24, 2.45) is 50.3 Å². The fourth-order valence-electron chi connectivity index (χ4n) is 9.76. The van der Waals surface area contributed by atoms with Gasteiger partial charge in [-0.15, -0.1) is 0 Å². The zero-order valence-electron chi connectivity index (χ0n) is 52.5. The largest absolute Gasteiger partial charge is 0.508 e. The van der Waals surface area contributed by atoms with Crippen molar-refractivity contribution >= 4 is 77.0 Å². The molecule has 2 heterocycles. The third kappa shape index (κ3) is 28.3. The number of carbonyl (C=O) groups is 11. The van der Waals surface area contributed by atoms with E-state index in [-0.39, 0.29) is 153 Å². The van der Waals surface area contributed by atoms with Crippen LogP contribution in [0.4, 0.5) is 0 Å². The van der Waals surface area contributed by atoms with Crippen LogP contribution in [0.3, 0.4) is 0 Å². The molecule has 0 aromatic heterocycles. The summed E-state index contributed by atoms with van der Waals surface area (Å²) >= 11 is 0. The summed E-state index contributed by atoms with van der Waals surface area (Å²) in [5, 5.41) is 36.2. The number of nitrogens with zero attached hydrogens (tertiary/aromatic N) is 4. The van der Waals surface area contributed by atoms with Gasteiger partial charge in [0.05, 0.1) is 32.8 Å². The lowest BCUT2D eigenvalue weighted by Crippen LogP contribution is -2.60. The lowest BCUT2D eigenvalue weighted by molar-refractivity contribution is -0.152. The van der Waals surface area contributed by atoms with E-state index < -0.39 is 114 Å². The molecule has 1 fully saturated rings. The van der Waals surface area contributed by atoms with Crippen molar-refractivity contribution in [1.29, 1.82) is 0 Å². The highest BCUT2D eigenvalue weighted by molar-refractivity contribution is 6.13. The first-order valence-electron chi connectivity index (χ1n) is 30.7. The molecule has 0 aliphatic carbocycles. The minimum atomic E-state index is -1.45. The maximum Gasteiger partial charge on any atom is 0.326 e. The van der Waals surface area contributed by atoms with Crippen LogP contribution in [-0.2, 0) is 79.9 Å². The number of nitrogens with one attached hydrogen (secondary N) is 7. The molecular formula is C60H91N17O16. The van der Waals surface area contributed by atoms with Gasteiger partial charge in [-0.25, -0.2) is 0 Å². The molecule has 0 spiro atoms. The summed E-state index contributed by atoms with van der Waals surface area (Å²) in [5.41, 5.74) is 37.2. The predicted molar refractivity (Wildman–Crippen MR) is 338 cm³/mol. The normalized spacial score (nSPS) is 15.4. The second-order valence-electron chi connectivity index (χ2n) is 22.5. The average molecular weight is 1310 g/mol. The van der Waals surface area contributed by atoms with Crippen LogP contribution in [0, 0.1) is 5.92 Å². The van der Waals surface area contributed by atoms with E-state index in [1.54, 1.807) is 26.0 Å². The molecule has 33 heteroatoms. The minimum Gasteiger partial charge on any atom is -0.508 e. The summed E-state index contributed by atoms with van der Waals surface area (Å²) in [7, 11) is 0. The molecule has 0 radical (unpaired) electrons. The number of aliphatic imine (C=N–C) groups is 2. The molecule has 2 aromatic carbocycles. The van der Waals surface area contributed by atoms with E-state index in [4.69, 9.17) is 48.7 Å². The van der Waals surface area contributed by atoms with E-state index in [1.165, 1.54) is 41.3 Å². The predicted octanol–water partition coefficient (Wildman–Crippen LogP) is -4.05. The van der Waals surface area contributed by atoms with E-state index in [0.717, 1.165) is 17.1 Å². The van der Waals surface area contributed by atoms with Gasteiger partial charge in [0, 0.05) is 51.2 Å². The lowest BCUT2D eigenvalue weighted by atomic mass is 9.99. The summed E-state index contributed by atoms with van der Waals surface area (Å²) in [5.74, 6) is -8.65. The SMILES string of the molecule is CC(C)C[C@H](NC(=O)[C@H](CCCCN)NC(=O)[C@H](CCCN=C(N)N)NC(=O)[C@@H]1CCCN1C(=O)COCCOCCNOC(=O)CCN1C(=O)C=CC1=O)C(=O)N[C@@H](Cc1ccc(O)cc1)C(=O)N[C@@H](CCCN=C(N)N)C(=O)N[C@@H](Cc1ccc(O)cc1)C(N)=O. The molecule has 2 aliphatic heterocycles. The summed E-state index contributed by atoms with van der Waals surface area (Å²) in [6.45, 7) is 3.82. The molecule has 10 amide bonds. The van der Waals surface area contributed by atoms with E-state index in [0.29, 0.717) is 30.4 Å². The van der Waals surface area contributed by atoms with Gasteiger partial charge in [-0.05, 0) is 112 Å². The van der Waals surface area contributed by atoms with Crippen molar-refractivity contribution in [3.63, 3.8) is 0 Å². The number of guanidine groups is 2. The maximum atomic E-state index is 14.6. The van der Waals surface area contributed by atoms with Gasteiger partial charge in [-0.1, -0.05) is 38.1 Å². The summed E-state index contributed by atoms with van der Waals surface area (Å²) in [6.07, 6.45) is 3.51. The van der Waals surface area contributed by atoms with Crippen LogP contribution >= 0.6 is 0 Å². The second-order valence-corrected chi connectivity index (χ2v) is 22.5. The minimum absolute atomic E-state index is 0.0121. The Morgan fingerprint density at radius 2 is 1.08 bits per heavy atom. The van der Waals surface area contributed by atoms with Gasteiger partial charge < -0.3 is 95.7 Å². The van der Waals surface area contributed by atoms with Gasteiger partial charge in [0.25, 0.3) is 11.8 Å². The Morgan fingerprint density at radius 3 is 1.60 bits per heavy atom. The van der Waals surface area contributed by atoms with E-state index in [9.17, 15) is 63.0 Å². The van der Waals surface area contributed by atoms with Crippen molar-refractivity contribution in [2.45, 2.75) is 140 Å². The number of phenolic OH excluding ortho intramolecular Hbond substituents is 2. The fourth-order valence-corrected chi connectivity index (χ4v) is 9.76. The molecule has 1 saturated heterocycles. The number of likely N-dealkylation sites (tertiary alicyclic amines) is 1. The number of primary amides is 1. The number of rotatable bonds is 43. The van der Waals surface area contributed by atoms with Crippen molar-refractivity contribution in [3.8, 4) is 11.5 Å². The fraction of sp³-hybridized carbons (Fsp3) is 0.550. The number of hydrogen-bond acceptors (Lipinski definition) is 20. The smallest absolute Gasteiger partial charge is 0.326 e. The van der Waals surface area contributed by atoms with Crippen molar-refractivity contribution in [1.82, 2.24) is 47.2 Å². The van der Waals surface area contributed by atoms with Crippen LogP contribution in [0.2, 0.25) is 0 Å². The molecule has 0 bridgehead atoms. The standard InChI is InChI=1S/C60H91N17O16/c1-36(2)32-45(56(88)75-46(34-38-14-18-40(79)19-15-38)57(89)71-42(9-5-24-67-59(63)64)54(86)73-44(52(62)84)33-37-12-16-39(78)17-13-37)74-55(87)41(8-3-4-23-61)70-53(85)43(10-6-25-68-60(65)66)72-58(90)47-11-7-27-76(47)50(82)35-92-31-30-91-29-26-69-93-51(83)22-28-77-48(80)20-21-49(77)81/h12-21,36,41-47,69,78-79H,3-11,22-35,61H2,1-2H3,(H2,62,84)(H,70,85)(H,71,89)(H,72,90)(H,73,86)(H,74,87)(H,75,88)(H4,63,64,67)(H4,65,66,68)/t41-,42-,43-,44-,45-,46-,47-/m0/s1. The number of ether oxygens (including phenoxy) is 2. The van der Waals surface area contributed by atoms with Crippen molar-refractivity contribution in [2.75, 3.05) is 65.7 Å². The van der Waals surface area contributed by atoms with Crippen LogP contribution in [0.1, 0.15) is 95.6 Å². The van der Waals surface area contributed by atoms with Gasteiger partial charge in [-0.2, -0.15) is 5.48 Å². The average Bonchev–Trinajstić information content (AvgIpc) is 1.98. The molecule has 0 unspecified atom stereocenters. The van der Waals surface area contributed by atoms with E-state index >= 15 is 0 Å². The van der Waals surface area contributed by atoms with Crippen LogP contribution in [-0.4, -0.2) is 205 Å². The summed E-state index contributed by atoms with van der Waals surface area (Å²) in [4.78, 5) is 163. The topological polar surface area (TPSA) is 527 Å². The first-order chi connectivity index (χ1) is 44.3. The quantitative estimate of drug-likeness (QED) is 0.00988. The molecule has 4 rings (SSSR count). The molecule has 21 N–H and O–H groups in total. The molecule has 2 aromatic rings. The Morgan fingerprint density at radius 1 is 0.602 bits per heavy atom. The number of phenols is 2. The van der Waals surface area contributed by atoms with E-state index in [1.807, 2.05) is 0 Å². The van der Waals surface area contributed by atoms with Crippen molar-refractivity contribution < 1.29 is 77.3 Å². The Bertz CT molecular complexity index is 2910. The van der Waals surface area contributed by atoms with Gasteiger partial charge in [0.2, 0.25) is 47.3 Å². The Balaban J connectivity index is 1.46. The number of nitrogens with two attached hydrogens (primary N) is 6. The molecule has 0 saturated carbocycles. The van der Waals surface area contributed by atoms with Crippen LogP contribution in [0.25, 0.3) is 0 Å². The second kappa shape index (κ2) is 40.4. The third-order valence-corrected chi connectivity index (χ3v) is 14.6. The Kier molecular flexibility index (Phi) is 33.0. The number of benzene rings is 2. The Hall–Kier alpha value is -9.47. The van der Waals surface area contributed by atoms with Gasteiger partial charge in [0.15, 0.2) is 11.9 Å². The number of aromatic hydroxyl groups is 2. The number of amides is 10. The number of unbranched alkanes of at least 4 members (excludes halogenated alkanes) is 1. The van der Waals surface area contributed by atoms with Gasteiger partial charge >= 0.3 is 5.97 Å². The van der Waals surface area contributed by atoms with Crippen LogP contribution < -0.4 is 71.8 Å². The van der Waals surface area contributed by atoms with Crippen LogP contribution in [0.5, 0.6) is 11.5 Å². The first kappa shape index (κ1) is 76.0. The molecule has 33 nitrogen and oxygen atoms in total. The first-order valence-corrected chi connectivity index (χ1v) is 30.7. The molecule has 7 atom stereocenters.